The quantitative estimate of drug-likeness (QED) is 0.404. The lowest BCUT2D eigenvalue weighted by atomic mass is 10.1. The summed E-state index contributed by atoms with van der Waals surface area (Å²) in [4.78, 5) is 9.39. The molecule has 1 aromatic heterocycles. The van der Waals surface area contributed by atoms with E-state index in [1.165, 1.54) is 6.07 Å². The second-order valence-electron chi connectivity index (χ2n) is 4.84. The van der Waals surface area contributed by atoms with Gasteiger partial charge in [-0.25, -0.2) is 4.98 Å². The molecule has 0 aliphatic rings. The molecule has 1 heterocycles. The maximum atomic E-state index is 12.7. The summed E-state index contributed by atoms with van der Waals surface area (Å²) < 4.78 is 38.0. The van der Waals surface area contributed by atoms with Crippen molar-refractivity contribution in [2.75, 3.05) is 7.05 Å². The zero-order chi connectivity index (χ0) is 16.9. The normalized spacial score (nSPS) is 11.8. The molecule has 0 aliphatic carbocycles. The third-order valence-corrected chi connectivity index (χ3v) is 3.93. The minimum atomic E-state index is -4.33. The van der Waals surface area contributed by atoms with Gasteiger partial charge in [0.15, 0.2) is 5.96 Å². The van der Waals surface area contributed by atoms with Crippen molar-refractivity contribution in [2.45, 2.75) is 26.2 Å². The Hall–Kier alpha value is -1.36. The highest BCUT2D eigenvalue weighted by molar-refractivity contribution is 14.0. The van der Waals surface area contributed by atoms with Gasteiger partial charge in [0, 0.05) is 24.7 Å². The smallest absolute Gasteiger partial charge is 0.352 e. The maximum Gasteiger partial charge on any atom is 0.416 e. The fraction of sp³-hybridized carbons (Fsp3) is 0.333. The van der Waals surface area contributed by atoms with E-state index in [0.717, 1.165) is 22.0 Å². The van der Waals surface area contributed by atoms with E-state index >= 15 is 0 Å². The molecule has 0 fully saturated rings. The number of hydrogen-bond donors (Lipinski definition) is 2. The summed E-state index contributed by atoms with van der Waals surface area (Å²) in [6.07, 6.45) is -2.54. The molecule has 2 rings (SSSR count). The fourth-order valence-corrected chi connectivity index (χ4v) is 2.63. The molecule has 24 heavy (non-hydrogen) atoms. The Morgan fingerprint density at radius 1 is 1.25 bits per heavy atom. The average Bonchev–Trinajstić information content (AvgIpc) is 2.92. The summed E-state index contributed by atoms with van der Waals surface area (Å²) in [6.45, 7) is 2.74. The first-order valence-corrected chi connectivity index (χ1v) is 7.72. The summed E-state index contributed by atoms with van der Waals surface area (Å²) >= 11 is 1.58. The van der Waals surface area contributed by atoms with Crippen molar-refractivity contribution < 1.29 is 13.2 Å². The molecule has 132 valence electrons. The number of benzene rings is 1. The minimum Gasteiger partial charge on any atom is -0.352 e. The molecule has 1 aromatic carbocycles. The topological polar surface area (TPSA) is 49.3 Å². The molecule has 9 heteroatoms. The molecule has 2 N–H and O–H groups in total. The molecular formula is C15H18F3IN4S. The number of nitrogens with zero attached hydrogens (tertiary/aromatic N) is 2. The molecule has 0 spiro atoms. The van der Waals surface area contributed by atoms with E-state index in [1.807, 2.05) is 6.92 Å². The van der Waals surface area contributed by atoms with E-state index in [2.05, 4.69) is 20.6 Å². The molecule has 0 amide bonds. The van der Waals surface area contributed by atoms with Crippen LogP contribution in [-0.2, 0) is 19.3 Å². The van der Waals surface area contributed by atoms with Gasteiger partial charge in [0.05, 0.1) is 12.1 Å². The van der Waals surface area contributed by atoms with Crippen molar-refractivity contribution in [1.82, 2.24) is 15.6 Å². The number of thiazole rings is 1. The van der Waals surface area contributed by atoms with Gasteiger partial charge in [-0.15, -0.1) is 35.3 Å². The predicted octanol–water partition coefficient (Wildman–Crippen LogP) is 3.95. The zero-order valence-electron chi connectivity index (χ0n) is 13.1. The van der Waals surface area contributed by atoms with Gasteiger partial charge >= 0.3 is 6.18 Å². The number of aliphatic imine (C=N–C) groups is 1. The van der Waals surface area contributed by atoms with E-state index in [4.69, 9.17) is 0 Å². The van der Waals surface area contributed by atoms with Crippen LogP contribution in [0.2, 0.25) is 0 Å². The third kappa shape index (κ3) is 6.27. The van der Waals surface area contributed by atoms with Crippen LogP contribution in [0.25, 0.3) is 0 Å². The molecule has 0 atom stereocenters. The van der Waals surface area contributed by atoms with E-state index in [9.17, 15) is 13.2 Å². The highest BCUT2D eigenvalue weighted by Gasteiger charge is 2.30. The lowest BCUT2D eigenvalue weighted by molar-refractivity contribution is -0.137. The Labute approximate surface area is 159 Å². The molecule has 0 saturated heterocycles. The fourth-order valence-electron chi connectivity index (χ4n) is 1.91. The van der Waals surface area contributed by atoms with Crippen LogP contribution in [0.4, 0.5) is 13.2 Å². The van der Waals surface area contributed by atoms with Crippen LogP contribution < -0.4 is 10.6 Å². The van der Waals surface area contributed by atoms with Crippen LogP contribution in [0.5, 0.6) is 0 Å². The van der Waals surface area contributed by atoms with E-state index in [1.54, 1.807) is 30.6 Å². The SMILES string of the molecule is CN=C(NCc1cccc(C(F)(F)F)c1)NCc1ncc(C)s1.I. The summed E-state index contributed by atoms with van der Waals surface area (Å²) in [5, 5.41) is 6.99. The highest BCUT2D eigenvalue weighted by atomic mass is 127. The van der Waals surface area contributed by atoms with Crippen molar-refractivity contribution in [3.05, 3.63) is 51.5 Å². The number of alkyl halides is 3. The van der Waals surface area contributed by atoms with Gasteiger partial charge in [0.25, 0.3) is 0 Å². The van der Waals surface area contributed by atoms with Gasteiger partial charge < -0.3 is 10.6 Å². The van der Waals surface area contributed by atoms with Crippen molar-refractivity contribution in [2.24, 2.45) is 4.99 Å². The van der Waals surface area contributed by atoms with Crippen molar-refractivity contribution >= 4 is 41.3 Å². The molecule has 0 saturated carbocycles. The van der Waals surface area contributed by atoms with Gasteiger partial charge in [-0.2, -0.15) is 13.2 Å². The number of halogens is 4. The number of nitrogens with one attached hydrogen (secondary N) is 2. The van der Waals surface area contributed by atoms with E-state index < -0.39 is 11.7 Å². The molecule has 4 nitrogen and oxygen atoms in total. The van der Waals surface area contributed by atoms with Gasteiger partial charge in [-0.05, 0) is 24.6 Å². The van der Waals surface area contributed by atoms with Crippen LogP contribution in [-0.4, -0.2) is 18.0 Å². The van der Waals surface area contributed by atoms with Gasteiger partial charge in [0.2, 0.25) is 0 Å². The van der Waals surface area contributed by atoms with Crippen molar-refractivity contribution in [3.63, 3.8) is 0 Å². The monoisotopic (exact) mass is 470 g/mol. The predicted molar refractivity (Wildman–Crippen MR) is 101 cm³/mol. The largest absolute Gasteiger partial charge is 0.416 e. The van der Waals surface area contributed by atoms with E-state index in [-0.39, 0.29) is 30.5 Å². The van der Waals surface area contributed by atoms with E-state index in [0.29, 0.717) is 18.1 Å². The molecule has 0 radical (unpaired) electrons. The number of guanidine groups is 1. The number of rotatable bonds is 4. The number of aryl methyl sites for hydroxylation is 1. The van der Waals surface area contributed by atoms with Crippen LogP contribution in [0.1, 0.15) is 21.0 Å². The molecule has 0 bridgehead atoms. The molecule has 0 aliphatic heterocycles. The first-order chi connectivity index (χ1) is 10.9. The standard InChI is InChI=1S/C15H17F3N4S.HI/c1-10-7-20-13(23-10)9-22-14(19-2)21-8-11-4-3-5-12(6-11)15(16,17)18;/h3-7H,8-9H2,1-2H3,(H2,19,21,22);1H. The third-order valence-electron chi connectivity index (χ3n) is 3.01. The Balaban J connectivity index is 0.00000288. The Bertz CT molecular complexity index is 685. The van der Waals surface area contributed by atoms with Crippen molar-refractivity contribution in [1.29, 1.82) is 0 Å². The van der Waals surface area contributed by atoms with Crippen LogP contribution in [0.3, 0.4) is 0 Å². The Morgan fingerprint density at radius 3 is 2.54 bits per heavy atom. The second kappa shape index (κ2) is 9.21. The van der Waals surface area contributed by atoms with Gasteiger partial charge in [-0.3, -0.25) is 4.99 Å². The lowest BCUT2D eigenvalue weighted by Gasteiger charge is -2.12. The summed E-state index contributed by atoms with van der Waals surface area (Å²) in [5.41, 5.74) is -0.120. The maximum absolute atomic E-state index is 12.7. The molecular weight excluding hydrogens is 452 g/mol. The zero-order valence-corrected chi connectivity index (χ0v) is 16.3. The van der Waals surface area contributed by atoms with Gasteiger partial charge in [0.1, 0.15) is 5.01 Å². The van der Waals surface area contributed by atoms with Crippen LogP contribution >= 0.6 is 35.3 Å². The first kappa shape index (κ1) is 20.7. The summed E-state index contributed by atoms with van der Waals surface area (Å²) in [7, 11) is 1.61. The Kier molecular flexibility index (Phi) is 7.94. The molecule has 0 unspecified atom stereocenters. The lowest BCUT2D eigenvalue weighted by Crippen LogP contribution is -2.36. The minimum absolute atomic E-state index is 0. The summed E-state index contributed by atoms with van der Waals surface area (Å²) in [5.74, 6) is 0.510. The number of aromatic nitrogens is 1. The highest BCUT2D eigenvalue weighted by Crippen LogP contribution is 2.29. The average molecular weight is 470 g/mol. The van der Waals surface area contributed by atoms with Gasteiger partial charge in [-0.1, -0.05) is 12.1 Å². The summed E-state index contributed by atoms with van der Waals surface area (Å²) in [6, 6.07) is 5.22. The van der Waals surface area contributed by atoms with Crippen LogP contribution in [0, 0.1) is 6.92 Å². The van der Waals surface area contributed by atoms with Crippen LogP contribution in [0.15, 0.2) is 35.5 Å². The number of hydrogen-bond acceptors (Lipinski definition) is 3. The Morgan fingerprint density at radius 2 is 1.96 bits per heavy atom. The van der Waals surface area contributed by atoms with Crippen molar-refractivity contribution in [3.8, 4) is 0 Å². The second-order valence-corrected chi connectivity index (χ2v) is 6.16. The first-order valence-electron chi connectivity index (χ1n) is 6.90. The molecule has 2 aromatic rings.